The van der Waals surface area contributed by atoms with Crippen LogP contribution in [0.1, 0.15) is 19.8 Å². The second-order valence-electron chi connectivity index (χ2n) is 3.61. The van der Waals surface area contributed by atoms with E-state index in [1.54, 1.807) is 0 Å². The molecule has 1 aliphatic heterocycles. The van der Waals surface area contributed by atoms with Crippen LogP contribution < -0.4 is 0 Å². The summed E-state index contributed by atoms with van der Waals surface area (Å²) < 4.78 is 0. The third kappa shape index (κ3) is 0.767. The Bertz CT molecular complexity index is 198. The number of rotatable bonds is 1. The third-order valence-electron chi connectivity index (χ3n) is 2.80. The van der Waals surface area contributed by atoms with Gasteiger partial charge in [-0.25, -0.2) is 4.79 Å². The van der Waals surface area contributed by atoms with Crippen molar-refractivity contribution >= 4 is 6.03 Å². The van der Waals surface area contributed by atoms with Gasteiger partial charge in [-0.05, 0) is 19.8 Å². The van der Waals surface area contributed by atoms with Gasteiger partial charge >= 0.3 is 6.03 Å². The molecule has 2 rings (SSSR count). The fraction of sp³-hybridized carbons (Fsp3) is 0.875. The zero-order valence-corrected chi connectivity index (χ0v) is 7.13. The number of carbonyl (C=O) groups is 1. The molecule has 1 heterocycles. The van der Waals surface area contributed by atoms with E-state index < -0.39 is 0 Å². The van der Waals surface area contributed by atoms with Crippen LogP contribution in [0.15, 0.2) is 0 Å². The smallest absolute Gasteiger partial charge is 0.320 e. The van der Waals surface area contributed by atoms with Crippen LogP contribution in [0.4, 0.5) is 4.79 Å². The predicted molar refractivity (Wildman–Crippen MR) is 42.4 cm³/mol. The van der Waals surface area contributed by atoms with E-state index in [-0.39, 0.29) is 11.6 Å². The Labute approximate surface area is 67.0 Å². The number of carbonyl (C=O) groups excluding carboxylic acids is 1. The fourth-order valence-corrected chi connectivity index (χ4v) is 2.05. The van der Waals surface area contributed by atoms with Crippen molar-refractivity contribution in [2.24, 2.45) is 0 Å². The predicted octanol–water partition coefficient (Wildman–Crippen LogP) is 0.906. The van der Waals surface area contributed by atoms with Crippen molar-refractivity contribution in [2.75, 3.05) is 20.1 Å². The Hall–Kier alpha value is -0.730. The molecule has 1 saturated heterocycles. The van der Waals surface area contributed by atoms with Crippen LogP contribution in [0.3, 0.4) is 0 Å². The molecule has 62 valence electrons. The molecule has 3 heteroatoms. The quantitative estimate of drug-likeness (QED) is 0.550. The molecule has 2 fully saturated rings. The molecule has 0 aromatic heterocycles. The number of amides is 2. The SMILES string of the molecule is CCN1C(=O)N(C)CC12CC2. The van der Waals surface area contributed by atoms with Gasteiger partial charge in [-0.15, -0.1) is 0 Å². The normalized spacial score (nSPS) is 26.9. The Balaban J connectivity index is 2.21. The molecular formula is C8H14N2O. The van der Waals surface area contributed by atoms with Gasteiger partial charge < -0.3 is 9.80 Å². The highest BCUT2D eigenvalue weighted by Crippen LogP contribution is 2.46. The Morgan fingerprint density at radius 2 is 2.18 bits per heavy atom. The van der Waals surface area contributed by atoms with Gasteiger partial charge in [0.05, 0.1) is 5.54 Å². The Morgan fingerprint density at radius 3 is 2.55 bits per heavy atom. The van der Waals surface area contributed by atoms with Crippen molar-refractivity contribution in [3.8, 4) is 0 Å². The summed E-state index contributed by atoms with van der Waals surface area (Å²) in [7, 11) is 1.89. The molecule has 0 radical (unpaired) electrons. The first-order valence-electron chi connectivity index (χ1n) is 4.22. The average Bonchev–Trinajstić information content (AvgIpc) is 2.65. The molecular weight excluding hydrogens is 140 g/mol. The molecule has 0 atom stereocenters. The first-order chi connectivity index (χ1) is 5.19. The fourth-order valence-electron chi connectivity index (χ4n) is 2.05. The molecule has 2 amide bonds. The number of urea groups is 1. The van der Waals surface area contributed by atoms with E-state index in [1.807, 2.05) is 16.8 Å². The number of likely N-dealkylation sites (N-methyl/N-ethyl adjacent to an activating group) is 2. The Morgan fingerprint density at radius 1 is 1.55 bits per heavy atom. The zero-order valence-electron chi connectivity index (χ0n) is 7.13. The van der Waals surface area contributed by atoms with E-state index in [4.69, 9.17) is 0 Å². The topological polar surface area (TPSA) is 23.6 Å². The molecule has 0 N–H and O–H groups in total. The minimum Gasteiger partial charge on any atom is -0.325 e. The van der Waals surface area contributed by atoms with E-state index >= 15 is 0 Å². The molecule has 0 aromatic rings. The van der Waals surface area contributed by atoms with Gasteiger partial charge in [0, 0.05) is 20.1 Å². The van der Waals surface area contributed by atoms with E-state index in [2.05, 4.69) is 6.92 Å². The maximum atomic E-state index is 11.4. The summed E-state index contributed by atoms with van der Waals surface area (Å²) in [5.74, 6) is 0. The van der Waals surface area contributed by atoms with Gasteiger partial charge in [0.25, 0.3) is 0 Å². The van der Waals surface area contributed by atoms with Crippen LogP contribution in [0.2, 0.25) is 0 Å². The van der Waals surface area contributed by atoms with Crippen molar-refractivity contribution in [1.29, 1.82) is 0 Å². The highest BCUT2D eigenvalue weighted by atomic mass is 16.2. The van der Waals surface area contributed by atoms with Crippen molar-refractivity contribution in [3.05, 3.63) is 0 Å². The average molecular weight is 154 g/mol. The monoisotopic (exact) mass is 154 g/mol. The molecule has 1 aliphatic carbocycles. The number of nitrogens with zero attached hydrogens (tertiary/aromatic N) is 2. The second kappa shape index (κ2) is 1.90. The van der Waals surface area contributed by atoms with Crippen LogP contribution >= 0.6 is 0 Å². The lowest BCUT2D eigenvalue weighted by molar-refractivity contribution is 0.191. The summed E-state index contributed by atoms with van der Waals surface area (Å²) in [6, 6.07) is 0.213. The summed E-state index contributed by atoms with van der Waals surface area (Å²) in [6.45, 7) is 3.86. The van der Waals surface area contributed by atoms with Gasteiger partial charge in [0.15, 0.2) is 0 Å². The first kappa shape index (κ1) is 6.95. The molecule has 3 nitrogen and oxygen atoms in total. The largest absolute Gasteiger partial charge is 0.325 e. The standard InChI is InChI=1S/C8H14N2O/c1-3-10-7(11)9(2)6-8(10)4-5-8/h3-6H2,1-2H3. The second-order valence-corrected chi connectivity index (χ2v) is 3.61. The summed E-state index contributed by atoms with van der Waals surface area (Å²) >= 11 is 0. The third-order valence-corrected chi connectivity index (χ3v) is 2.80. The van der Waals surface area contributed by atoms with Crippen molar-refractivity contribution in [3.63, 3.8) is 0 Å². The minimum atomic E-state index is 0.213. The van der Waals surface area contributed by atoms with E-state index in [0.29, 0.717) is 0 Å². The maximum absolute atomic E-state index is 11.4. The lowest BCUT2D eigenvalue weighted by Crippen LogP contribution is -2.35. The molecule has 2 aliphatic rings. The summed E-state index contributed by atoms with van der Waals surface area (Å²) in [6.07, 6.45) is 2.41. The van der Waals surface area contributed by atoms with Crippen LogP contribution in [-0.4, -0.2) is 41.5 Å². The van der Waals surface area contributed by atoms with E-state index in [0.717, 1.165) is 13.1 Å². The van der Waals surface area contributed by atoms with Crippen molar-refractivity contribution in [2.45, 2.75) is 25.3 Å². The molecule has 11 heavy (non-hydrogen) atoms. The Kier molecular flexibility index (Phi) is 1.20. The van der Waals surface area contributed by atoms with Crippen LogP contribution in [0.5, 0.6) is 0 Å². The summed E-state index contributed by atoms with van der Waals surface area (Å²) in [4.78, 5) is 15.3. The number of hydrogen-bond acceptors (Lipinski definition) is 1. The lowest BCUT2D eigenvalue weighted by Gasteiger charge is -2.19. The highest BCUT2D eigenvalue weighted by molar-refractivity contribution is 5.78. The summed E-state index contributed by atoms with van der Waals surface area (Å²) in [5, 5.41) is 0. The molecule has 0 aromatic carbocycles. The van der Waals surface area contributed by atoms with Gasteiger partial charge in [-0.1, -0.05) is 0 Å². The molecule has 0 unspecified atom stereocenters. The van der Waals surface area contributed by atoms with Gasteiger partial charge in [0.1, 0.15) is 0 Å². The van der Waals surface area contributed by atoms with E-state index in [9.17, 15) is 4.79 Å². The zero-order chi connectivity index (χ0) is 8.06. The van der Waals surface area contributed by atoms with E-state index in [1.165, 1.54) is 12.8 Å². The number of hydrogen-bond donors (Lipinski definition) is 0. The maximum Gasteiger partial charge on any atom is 0.320 e. The molecule has 0 bridgehead atoms. The molecule has 1 saturated carbocycles. The van der Waals surface area contributed by atoms with Gasteiger partial charge in [-0.2, -0.15) is 0 Å². The van der Waals surface area contributed by atoms with Gasteiger partial charge in [-0.3, -0.25) is 0 Å². The van der Waals surface area contributed by atoms with Gasteiger partial charge in [0.2, 0.25) is 0 Å². The van der Waals surface area contributed by atoms with Crippen LogP contribution in [-0.2, 0) is 0 Å². The summed E-state index contributed by atoms with van der Waals surface area (Å²) in [5.41, 5.74) is 0.264. The van der Waals surface area contributed by atoms with Crippen LogP contribution in [0.25, 0.3) is 0 Å². The molecule has 1 spiro atoms. The van der Waals surface area contributed by atoms with Crippen molar-refractivity contribution in [1.82, 2.24) is 9.80 Å². The first-order valence-corrected chi connectivity index (χ1v) is 4.22. The lowest BCUT2D eigenvalue weighted by atomic mass is 10.2. The van der Waals surface area contributed by atoms with Crippen molar-refractivity contribution < 1.29 is 4.79 Å². The minimum absolute atomic E-state index is 0.213. The van der Waals surface area contributed by atoms with Crippen LogP contribution in [0, 0.1) is 0 Å². The highest BCUT2D eigenvalue weighted by Gasteiger charge is 2.55.